The topological polar surface area (TPSA) is 43.3 Å². The van der Waals surface area contributed by atoms with E-state index in [1.54, 1.807) is 14.2 Å². The monoisotopic (exact) mass is 464 g/mol. The van der Waals surface area contributed by atoms with Gasteiger partial charge in [-0.25, -0.2) is 5.01 Å². The number of methoxy groups -OCH3 is 2. The Bertz CT molecular complexity index is 1110. The number of halogens is 1. The second kappa shape index (κ2) is 7.69. The fourth-order valence-corrected chi connectivity index (χ4v) is 4.41. The fraction of sp³-hybridized carbons (Fsp3) is 0.208. The van der Waals surface area contributed by atoms with Crippen LogP contribution >= 0.6 is 15.9 Å². The molecule has 30 heavy (non-hydrogen) atoms. The Morgan fingerprint density at radius 1 is 0.967 bits per heavy atom. The van der Waals surface area contributed by atoms with Gasteiger partial charge in [0.05, 0.1) is 26.0 Å². The van der Waals surface area contributed by atoms with Gasteiger partial charge >= 0.3 is 0 Å². The second-order valence-corrected chi connectivity index (χ2v) is 8.22. The molecule has 2 atom stereocenters. The predicted molar refractivity (Wildman–Crippen MR) is 119 cm³/mol. The van der Waals surface area contributed by atoms with Crippen molar-refractivity contribution < 1.29 is 14.2 Å². The molecule has 2 aliphatic rings. The summed E-state index contributed by atoms with van der Waals surface area (Å²) in [5, 5.41) is 7.08. The number of hydrogen-bond donors (Lipinski definition) is 0. The minimum Gasteiger partial charge on any atom is -0.497 e. The Balaban J connectivity index is 1.58. The molecule has 0 bridgehead atoms. The van der Waals surface area contributed by atoms with Gasteiger partial charge in [-0.2, -0.15) is 5.10 Å². The summed E-state index contributed by atoms with van der Waals surface area (Å²) in [7, 11) is 3.35. The maximum atomic E-state index is 6.43. The molecule has 0 saturated heterocycles. The van der Waals surface area contributed by atoms with Crippen molar-refractivity contribution in [2.75, 3.05) is 14.2 Å². The lowest BCUT2D eigenvalue weighted by atomic mass is 9.96. The zero-order valence-corrected chi connectivity index (χ0v) is 18.3. The molecule has 0 saturated carbocycles. The number of nitrogens with zero attached hydrogens (tertiary/aromatic N) is 2. The van der Waals surface area contributed by atoms with Crippen molar-refractivity contribution in [2.45, 2.75) is 18.7 Å². The first kappa shape index (κ1) is 19.0. The first-order valence-corrected chi connectivity index (χ1v) is 10.6. The fourth-order valence-electron chi connectivity index (χ4n) is 4.03. The Kier molecular flexibility index (Phi) is 4.87. The molecule has 2 heterocycles. The van der Waals surface area contributed by atoms with Gasteiger partial charge in [0, 0.05) is 22.0 Å². The lowest BCUT2D eigenvalue weighted by Crippen LogP contribution is -2.33. The van der Waals surface area contributed by atoms with Gasteiger partial charge in [0.2, 0.25) is 6.23 Å². The van der Waals surface area contributed by atoms with Gasteiger partial charge in [-0.1, -0.05) is 28.1 Å². The standard InChI is InChI=1S/C24H21BrN2O3/c1-28-18-9-6-15(7-10-18)21-14-22-20-13-17(25)8-11-23(20)30-24(27(22)26-21)16-4-3-5-19(12-16)29-2/h3-13,22,24H,14H2,1-2H3/t22-,24-/m1/s1. The van der Waals surface area contributed by atoms with Crippen LogP contribution < -0.4 is 14.2 Å². The maximum Gasteiger partial charge on any atom is 0.214 e. The second-order valence-electron chi connectivity index (χ2n) is 7.30. The molecule has 0 aromatic heterocycles. The SMILES string of the molecule is COc1ccc(C2=NN3[C@H](C2)c2cc(Br)ccc2O[C@@H]3c2cccc(OC)c2)cc1. The number of hydrogen-bond acceptors (Lipinski definition) is 5. The van der Waals surface area contributed by atoms with Crippen molar-refractivity contribution in [3.05, 3.63) is 87.9 Å². The van der Waals surface area contributed by atoms with Crippen LogP contribution in [0.3, 0.4) is 0 Å². The van der Waals surface area contributed by atoms with Crippen LogP contribution in [-0.2, 0) is 0 Å². The van der Waals surface area contributed by atoms with Gasteiger partial charge in [0.25, 0.3) is 0 Å². The van der Waals surface area contributed by atoms with E-state index in [9.17, 15) is 0 Å². The molecule has 0 amide bonds. The van der Waals surface area contributed by atoms with Crippen molar-refractivity contribution in [3.8, 4) is 17.2 Å². The third-order valence-electron chi connectivity index (χ3n) is 5.55. The van der Waals surface area contributed by atoms with E-state index in [0.717, 1.165) is 50.5 Å². The largest absolute Gasteiger partial charge is 0.497 e. The van der Waals surface area contributed by atoms with Crippen LogP contribution in [0.2, 0.25) is 0 Å². The first-order valence-electron chi connectivity index (χ1n) is 9.76. The van der Waals surface area contributed by atoms with Crippen LogP contribution in [0, 0.1) is 0 Å². The Morgan fingerprint density at radius 3 is 2.53 bits per heavy atom. The minimum absolute atomic E-state index is 0.0968. The summed E-state index contributed by atoms with van der Waals surface area (Å²) >= 11 is 3.60. The molecule has 0 aliphatic carbocycles. The molecule has 0 N–H and O–H groups in total. The third kappa shape index (κ3) is 3.31. The Morgan fingerprint density at radius 2 is 1.77 bits per heavy atom. The summed E-state index contributed by atoms with van der Waals surface area (Å²) in [5.41, 5.74) is 4.27. The van der Waals surface area contributed by atoms with Gasteiger partial charge in [-0.3, -0.25) is 0 Å². The zero-order valence-electron chi connectivity index (χ0n) is 16.7. The highest BCUT2D eigenvalue weighted by Crippen LogP contribution is 2.48. The molecule has 0 spiro atoms. The van der Waals surface area contributed by atoms with Crippen molar-refractivity contribution in [1.29, 1.82) is 0 Å². The summed E-state index contributed by atoms with van der Waals surface area (Å²) in [4.78, 5) is 0. The van der Waals surface area contributed by atoms with E-state index in [0.29, 0.717) is 0 Å². The van der Waals surface area contributed by atoms with Gasteiger partial charge in [0.15, 0.2) is 0 Å². The van der Waals surface area contributed by atoms with Gasteiger partial charge in [-0.15, -0.1) is 0 Å². The van der Waals surface area contributed by atoms with Crippen LogP contribution in [0.5, 0.6) is 17.2 Å². The molecule has 0 fully saturated rings. The lowest BCUT2D eigenvalue weighted by Gasteiger charge is -2.38. The molecule has 152 valence electrons. The van der Waals surface area contributed by atoms with Crippen LogP contribution in [0.25, 0.3) is 0 Å². The van der Waals surface area contributed by atoms with E-state index < -0.39 is 0 Å². The van der Waals surface area contributed by atoms with E-state index in [2.05, 4.69) is 45.2 Å². The third-order valence-corrected chi connectivity index (χ3v) is 6.05. The van der Waals surface area contributed by atoms with E-state index in [4.69, 9.17) is 19.3 Å². The lowest BCUT2D eigenvalue weighted by molar-refractivity contribution is -0.0191. The smallest absolute Gasteiger partial charge is 0.214 e. The van der Waals surface area contributed by atoms with E-state index in [-0.39, 0.29) is 12.3 Å². The molecular weight excluding hydrogens is 444 g/mol. The number of hydrazone groups is 1. The van der Waals surface area contributed by atoms with Crippen molar-refractivity contribution in [3.63, 3.8) is 0 Å². The predicted octanol–water partition coefficient (Wildman–Crippen LogP) is 5.71. The molecule has 6 heteroatoms. The number of ether oxygens (including phenoxy) is 3. The summed E-state index contributed by atoms with van der Waals surface area (Å²) in [6.07, 6.45) is 0.481. The first-order chi connectivity index (χ1) is 14.7. The normalized spacial score (nSPS) is 19.4. The molecular formula is C24H21BrN2O3. The van der Waals surface area contributed by atoms with Crippen molar-refractivity contribution >= 4 is 21.6 Å². The summed E-state index contributed by atoms with van der Waals surface area (Å²) in [6, 6.07) is 22.3. The van der Waals surface area contributed by atoms with Crippen LogP contribution in [0.1, 0.15) is 35.4 Å². The van der Waals surface area contributed by atoms with Crippen LogP contribution in [0.4, 0.5) is 0 Å². The molecule has 0 radical (unpaired) electrons. The van der Waals surface area contributed by atoms with Gasteiger partial charge in [0.1, 0.15) is 17.2 Å². The molecule has 3 aromatic carbocycles. The molecule has 5 nitrogen and oxygen atoms in total. The van der Waals surface area contributed by atoms with E-state index >= 15 is 0 Å². The van der Waals surface area contributed by atoms with E-state index in [1.165, 1.54) is 0 Å². The van der Waals surface area contributed by atoms with Crippen LogP contribution in [0.15, 0.2) is 76.3 Å². The average Bonchev–Trinajstić information content (AvgIpc) is 3.24. The van der Waals surface area contributed by atoms with E-state index in [1.807, 2.05) is 42.5 Å². The van der Waals surface area contributed by atoms with Crippen LogP contribution in [-0.4, -0.2) is 24.9 Å². The van der Waals surface area contributed by atoms with Crippen molar-refractivity contribution in [1.82, 2.24) is 5.01 Å². The molecule has 0 unspecified atom stereocenters. The highest BCUT2D eigenvalue weighted by Gasteiger charge is 2.41. The Hall–Kier alpha value is -2.99. The summed E-state index contributed by atoms with van der Waals surface area (Å²) < 4.78 is 18.2. The quantitative estimate of drug-likeness (QED) is 0.495. The summed E-state index contributed by atoms with van der Waals surface area (Å²) in [6.45, 7) is 0. The number of rotatable bonds is 4. The Labute approximate surface area is 184 Å². The zero-order chi connectivity index (χ0) is 20.7. The average molecular weight is 465 g/mol. The molecule has 3 aromatic rings. The minimum atomic E-state index is -0.325. The highest BCUT2D eigenvalue weighted by molar-refractivity contribution is 9.10. The highest BCUT2D eigenvalue weighted by atomic mass is 79.9. The van der Waals surface area contributed by atoms with Gasteiger partial charge < -0.3 is 14.2 Å². The molecule has 5 rings (SSSR count). The number of fused-ring (bicyclic) bond motifs is 3. The van der Waals surface area contributed by atoms with Gasteiger partial charge in [-0.05, 0) is 60.2 Å². The molecule has 2 aliphatic heterocycles. The summed E-state index contributed by atoms with van der Waals surface area (Å²) in [5.74, 6) is 2.52. The van der Waals surface area contributed by atoms with Crippen molar-refractivity contribution in [2.24, 2.45) is 5.10 Å². The number of benzene rings is 3. The maximum absolute atomic E-state index is 6.43.